The van der Waals surface area contributed by atoms with Crippen molar-refractivity contribution in [3.63, 3.8) is 0 Å². The van der Waals surface area contributed by atoms with Gasteiger partial charge in [-0.15, -0.1) is 0 Å². The normalized spacial score (nSPS) is 30.0. The van der Waals surface area contributed by atoms with Crippen LogP contribution in [0.4, 0.5) is 17.6 Å². The lowest BCUT2D eigenvalue weighted by Gasteiger charge is -2.52. The van der Waals surface area contributed by atoms with E-state index in [0.29, 0.717) is 18.7 Å². The van der Waals surface area contributed by atoms with E-state index in [1.807, 2.05) is 0 Å². The highest BCUT2D eigenvalue weighted by Crippen LogP contribution is 2.51. The molecule has 2 unspecified atom stereocenters. The Morgan fingerprint density at radius 3 is 2.48 bits per heavy atom. The van der Waals surface area contributed by atoms with E-state index < -0.39 is 23.4 Å². The number of halogens is 4. The van der Waals surface area contributed by atoms with E-state index >= 15 is 0 Å². The van der Waals surface area contributed by atoms with Crippen LogP contribution in [0, 0.1) is 17.7 Å². The van der Waals surface area contributed by atoms with Crippen LogP contribution in [0.1, 0.15) is 30.7 Å². The molecule has 2 N–H and O–H groups in total. The quantitative estimate of drug-likeness (QED) is 0.808. The van der Waals surface area contributed by atoms with Gasteiger partial charge in [0.2, 0.25) is 5.82 Å². The Bertz CT molecular complexity index is 779. The van der Waals surface area contributed by atoms with Gasteiger partial charge in [-0.05, 0) is 25.0 Å². The number of nitrogens with one attached hydrogen (secondary N) is 2. The summed E-state index contributed by atoms with van der Waals surface area (Å²) < 4.78 is 59.4. The Morgan fingerprint density at radius 2 is 1.88 bits per heavy atom. The average Bonchev–Trinajstić information content (AvgIpc) is 2.97. The van der Waals surface area contributed by atoms with E-state index in [0.717, 1.165) is 25.3 Å². The number of hydrogen-bond donors (Lipinski definition) is 2. The molecule has 1 aromatic carbocycles. The highest BCUT2D eigenvalue weighted by atomic mass is 19.4. The van der Waals surface area contributed by atoms with Gasteiger partial charge in [-0.25, -0.2) is 9.37 Å². The first-order valence-corrected chi connectivity index (χ1v) is 8.39. The van der Waals surface area contributed by atoms with Crippen molar-refractivity contribution in [2.24, 2.45) is 11.8 Å². The molecule has 0 spiro atoms. The minimum atomic E-state index is -4.61. The molecule has 0 amide bonds. The molecule has 0 radical (unpaired) electrons. The number of aromatic amines is 1. The van der Waals surface area contributed by atoms with Crippen molar-refractivity contribution in [1.29, 1.82) is 0 Å². The molecule has 4 nitrogen and oxygen atoms in total. The summed E-state index contributed by atoms with van der Waals surface area (Å²) in [6, 6.07) is 2.35. The van der Waals surface area contributed by atoms with Crippen LogP contribution in [0.5, 0.6) is 0 Å². The molecule has 1 aromatic heterocycles. The fourth-order valence-electron chi connectivity index (χ4n) is 4.71. The van der Waals surface area contributed by atoms with E-state index in [1.165, 1.54) is 6.07 Å². The first-order chi connectivity index (χ1) is 11.9. The summed E-state index contributed by atoms with van der Waals surface area (Å²) in [5.41, 5.74) is -0.195. The second-order valence-corrected chi connectivity index (χ2v) is 6.91. The fraction of sp³-hybridized carbons (Fsp3) is 0.588. The predicted octanol–water partition coefficient (Wildman–Crippen LogP) is 3.58. The van der Waals surface area contributed by atoms with Gasteiger partial charge in [0.1, 0.15) is 11.4 Å². The number of aromatic nitrogens is 2. The number of hydrogen-bond acceptors (Lipinski definition) is 3. The molecule has 2 aliphatic rings. The van der Waals surface area contributed by atoms with Crippen molar-refractivity contribution in [3.8, 4) is 0 Å². The summed E-state index contributed by atoms with van der Waals surface area (Å²) in [6.07, 6.45) is -1.82. The number of nitrogens with zero attached hydrogens (tertiary/aromatic N) is 1. The molecule has 1 aliphatic heterocycles. The number of benzene rings is 1. The van der Waals surface area contributed by atoms with E-state index in [-0.39, 0.29) is 22.9 Å². The summed E-state index contributed by atoms with van der Waals surface area (Å²) >= 11 is 0. The molecule has 1 aliphatic carbocycles. The first kappa shape index (κ1) is 16.8. The van der Waals surface area contributed by atoms with Crippen LogP contribution in [0.3, 0.4) is 0 Å². The number of piperidine rings is 1. The van der Waals surface area contributed by atoms with Crippen molar-refractivity contribution in [2.45, 2.75) is 31.0 Å². The van der Waals surface area contributed by atoms with Gasteiger partial charge in [-0.1, -0.05) is 6.42 Å². The Balaban J connectivity index is 1.97. The number of alkyl halides is 3. The summed E-state index contributed by atoms with van der Waals surface area (Å²) in [5.74, 6) is -1.56. The average molecular weight is 357 g/mol. The van der Waals surface area contributed by atoms with Gasteiger partial charge in [-0.2, -0.15) is 13.2 Å². The minimum absolute atomic E-state index is 0.0513. The Morgan fingerprint density at radius 1 is 1.20 bits per heavy atom. The number of methoxy groups -OCH3 is 1. The molecule has 1 saturated carbocycles. The standard InChI is InChI=1S/C17H19F4N3O/c1-25-16(9-3-2-4-10(16)8-22-7-9)12-5-11(18)6-13-14(12)24-15(23-13)17(19,20)21/h5-6,9-10,22H,2-4,7-8H2,1H3,(H,23,24). The highest BCUT2D eigenvalue weighted by Gasteiger charge is 2.52. The van der Waals surface area contributed by atoms with Crippen molar-refractivity contribution in [3.05, 3.63) is 29.3 Å². The highest BCUT2D eigenvalue weighted by molar-refractivity contribution is 5.80. The molecule has 2 bridgehead atoms. The smallest absolute Gasteiger partial charge is 0.373 e. The van der Waals surface area contributed by atoms with Gasteiger partial charge in [0.05, 0.1) is 11.0 Å². The molecule has 2 fully saturated rings. The maximum atomic E-state index is 14.2. The second kappa shape index (κ2) is 5.67. The van der Waals surface area contributed by atoms with Crippen LogP contribution < -0.4 is 5.32 Å². The van der Waals surface area contributed by atoms with E-state index in [4.69, 9.17) is 4.74 Å². The second-order valence-electron chi connectivity index (χ2n) is 6.91. The van der Waals surface area contributed by atoms with Gasteiger partial charge in [-0.3, -0.25) is 0 Å². The maximum absolute atomic E-state index is 14.2. The number of ether oxygens (including phenoxy) is 1. The van der Waals surface area contributed by atoms with Crippen LogP contribution in [-0.2, 0) is 16.5 Å². The van der Waals surface area contributed by atoms with E-state index in [1.54, 1.807) is 7.11 Å². The maximum Gasteiger partial charge on any atom is 0.449 e. The molecule has 2 aromatic rings. The van der Waals surface area contributed by atoms with Crippen molar-refractivity contribution in [2.75, 3.05) is 20.2 Å². The lowest BCUT2D eigenvalue weighted by atomic mass is 9.62. The van der Waals surface area contributed by atoms with Crippen molar-refractivity contribution < 1.29 is 22.3 Å². The molecule has 136 valence electrons. The molecular formula is C17H19F4N3O. The van der Waals surface area contributed by atoms with Gasteiger partial charge in [0.15, 0.2) is 0 Å². The lowest BCUT2D eigenvalue weighted by Crippen LogP contribution is -2.58. The van der Waals surface area contributed by atoms with Crippen LogP contribution >= 0.6 is 0 Å². The zero-order valence-electron chi connectivity index (χ0n) is 13.7. The number of H-pyrrole nitrogens is 1. The summed E-state index contributed by atoms with van der Waals surface area (Å²) in [4.78, 5) is 5.99. The van der Waals surface area contributed by atoms with Gasteiger partial charge < -0.3 is 15.0 Å². The topological polar surface area (TPSA) is 49.9 Å². The predicted molar refractivity (Wildman–Crippen MR) is 83.4 cm³/mol. The third-order valence-electron chi connectivity index (χ3n) is 5.68. The Hall–Kier alpha value is -1.67. The lowest BCUT2D eigenvalue weighted by molar-refractivity contribution is -0.145. The van der Waals surface area contributed by atoms with Crippen LogP contribution in [0.25, 0.3) is 11.0 Å². The molecule has 8 heteroatoms. The molecule has 2 atom stereocenters. The third kappa shape index (κ3) is 2.45. The summed E-state index contributed by atoms with van der Waals surface area (Å²) in [6.45, 7) is 1.39. The number of rotatable bonds is 2. The molecular weight excluding hydrogens is 338 g/mol. The minimum Gasteiger partial charge on any atom is -0.373 e. The fourth-order valence-corrected chi connectivity index (χ4v) is 4.71. The van der Waals surface area contributed by atoms with Gasteiger partial charge in [0.25, 0.3) is 0 Å². The van der Waals surface area contributed by atoms with Gasteiger partial charge >= 0.3 is 6.18 Å². The summed E-state index contributed by atoms with van der Waals surface area (Å²) in [7, 11) is 1.56. The largest absolute Gasteiger partial charge is 0.449 e. The SMILES string of the molecule is COC1(c2cc(F)cc3[nH]c(C(F)(F)F)nc23)C2CCCC1CNC2. The molecule has 2 heterocycles. The summed E-state index contributed by atoms with van der Waals surface area (Å²) in [5, 5.41) is 3.36. The Labute approximate surface area is 142 Å². The molecule has 1 saturated heterocycles. The Kier molecular flexibility index (Phi) is 3.81. The number of imidazole rings is 1. The van der Waals surface area contributed by atoms with E-state index in [9.17, 15) is 17.6 Å². The van der Waals surface area contributed by atoms with Crippen LogP contribution in [0.15, 0.2) is 12.1 Å². The van der Waals surface area contributed by atoms with Crippen molar-refractivity contribution >= 4 is 11.0 Å². The van der Waals surface area contributed by atoms with Crippen LogP contribution in [0.2, 0.25) is 0 Å². The monoisotopic (exact) mass is 357 g/mol. The third-order valence-corrected chi connectivity index (χ3v) is 5.68. The molecule has 25 heavy (non-hydrogen) atoms. The first-order valence-electron chi connectivity index (χ1n) is 8.39. The van der Waals surface area contributed by atoms with Gasteiger partial charge in [0, 0.05) is 37.6 Å². The molecule has 4 rings (SSSR count). The van der Waals surface area contributed by atoms with E-state index in [2.05, 4.69) is 15.3 Å². The number of fused-ring (bicyclic) bond motifs is 3. The zero-order valence-corrected chi connectivity index (χ0v) is 13.7. The van der Waals surface area contributed by atoms with Crippen LogP contribution in [-0.4, -0.2) is 30.2 Å². The zero-order chi connectivity index (χ0) is 17.8. The van der Waals surface area contributed by atoms with Crippen molar-refractivity contribution in [1.82, 2.24) is 15.3 Å².